The molecule has 0 saturated heterocycles. The van der Waals surface area contributed by atoms with E-state index in [9.17, 15) is 10.2 Å². The number of hydrogen-bond acceptors (Lipinski definition) is 6. The van der Waals surface area contributed by atoms with Crippen molar-refractivity contribution in [3.8, 4) is 22.1 Å². The SMILES string of the molecule is Oc1ccc(O)c(-c2nnc(Nc3ccc4c(c3)CCCC4)s2)c1. The number of rotatable bonds is 3. The van der Waals surface area contributed by atoms with E-state index in [1.807, 2.05) is 0 Å². The summed E-state index contributed by atoms with van der Waals surface area (Å²) in [5.74, 6) is 0.159. The van der Waals surface area contributed by atoms with Crippen LogP contribution in [-0.2, 0) is 12.8 Å². The predicted molar refractivity (Wildman–Crippen MR) is 95.0 cm³/mol. The summed E-state index contributed by atoms with van der Waals surface area (Å²) in [4.78, 5) is 0. The molecule has 4 rings (SSSR count). The molecule has 0 fully saturated rings. The molecule has 1 aliphatic carbocycles. The van der Waals surface area contributed by atoms with Crippen LogP contribution >= 0.6 is 11.3 Å². The third kappa shape index (κ3) is 2.92. The molecule has 3 N–H and O–H groups in total. The second-order valence-corrected chi connectivity index (χ2v) is 6.91. The second-order valence-electron chi connectivity index (χ2n) is 5.93. The molecule has 5 nitrogen and oxygen atoms in total. The predicted octanol–water partition coefficient (Wildman–Crippen LogP) is 4.24. The summed E-state index contributed by atoms with van der Waals surface area (Å²) in [6, 6.07) is 10.8. The standard InChI is InChI=1S/C18H17N3O2S/c22-14-7-8-16(23)15(10-14)17-20-21-18(24-17)19-13-6-5-11-3-1-2-4-12(11)9-13/h5-10,22-23H,1-4H2,(H,19,21). The van der Waals surface area contributed by atoms with Gasteiger partial charge in [-0.15, -0.1) is 10.2 Å². The van der Waals surface area contributed by atoms with Crippen molar-refractivity contribution in [2.75, 3.05) is 5.32 Å². The molecule has 24 heavy (non-hydrogen) atoms. The number of aromatic hydroxyl groups is 2. The van der Waals surface area contributed by atoms with Crippen molar-refractivity contribution < 1.29 is 10.2 Å². The summed E-state index contributed by atoms with van der Waals surface area (Å²) in [5.41, 5.74) is 4.32. The molecular weight excluding hydrogens is 322 g/mol. The van der Waals surface area contributed by atoms with Crippen molar-refractivity contribution in [2.45, 2.75) is 25.7 Å². The van der Waals surface area contributed by atoms with Crippen LogP contribution in [0.3, 0.4) is 0 Å². The van der Waals surface area contributed by atoms with Crippen LogP contribution in [0, 0.1) is 0 Å². The fraction of sp³-hybridized carbons (Fsp3) is 0.222. The molecule has 1 aliphatic rings. The van der Waals surface area contributed by atoms with Gasteiger partial charge >= 0.3 is 0 Å². The number of aryl methyl sites for hydroxylation is 2. The van der Waals surface area contributed by atoms with Gasteiger partial charge in [0.25, 0.3) is 0 Å². The van der Waals surface area contributed by atoms with E-state index in [1.54, 1.807) is 0 Å². The topological polar surface area (TPSA) is 78.3 Å². The Labute approximate surface area is 143 Å². The first-order chi connectivity index (χ1) is 11.7. The molecule has 0 atom stereocenters. The molecule has 1 aromatic heterocycles. The van der Waals surface area contributed by atoms with Crippen LogP contribution in [0.25, 0.3) is 10.6 Å². The van der Waals surface area contributed by atoms with Gasteiger partial charge in [-0.05, 0) is 67.1 Å². The first kappa shape index (κ1) is 15.0. The summed E-state index contributed by atoms with van der Waals surface area (Å²) < 4.78 is 0. The van der Waals surface area contributed by atoms with E-state index in [0.29, 0.717) is 15.7 Å². The van der Waals surface area contributed by atoms with Gasteiger partial charge in [-0.2, -0.15) is 0 Å². The Kier molecular flexibility index (Phi) is 3.82. The number of phenols is 2. The zero-order valence-electron chi connectivity index (χ0n) is 13.0. The van der Waals surface area contributed by atoms with Gasteiger partial charge in [-0.1, -0.05) is 17.4 Å². The fourth-order valence-corrected chi connectivity index (χ4v) is 3.80. The number of nitrogens with one attached hydrogen (secondary N) is 1. The Morgan fingerprint density at radius 1 is 0.917 bits per heavy atom. The molecule has 0 bridgehead atoms. The van der Waals surface area contributed by atoms with Gasteiger partial charge in [0.05, 0.1) is 5.56 Å². The molecule has 3 aromatic rings. The van der Waals surface area contributed by atoms with Gasteiger partial charge in [0.1, 0.15) is 11.5 Å². The highest BCUT2D eigenvalue weighted by Crippen LogP contribution is 2.36. The summed E-state index contributed by atoms with van der Waals surface area (Å²) >= 11 is 1.34. The van der Waals surface area contributed by atoms with E-state index in [4.69, 9.17) is 0 Å². The molecule has 0 spiro atoms. The second kappa shape index (κ2) is 6.13. The maximum Gasteiger partial charge on any atom is 0.210 e. The maximum absolute atomic E-state index is 9.93. The zero-order chi connectivity index (χ0) is 16.5. The summed E-state index contributed by atoms with van der Waals surface area (Å²) in [7, 11) is 0. The lowest BCUT2D eigenvalue weighted by atomic mass is 9.91. The van der Waals surface area contributed by atoms with Crippen molar-refractivity contribution in [3.05, 3.63) is 47.5 Å². The molecule has 2 aromatic carbocycles. The molecule has 6 heteroatoms. The average Bonchev–Trinajstić information content (AvgIpc) is 3.05. The molecule has 0 saturated carbocycles. The minimum Gasteiger partial charge on any atom is -0.508 e. The largest absolute Gasteiger partial charge is 0.508 e. The minimum absolute atomic E-state index is 0.0734. The van der Waals surface area contributed by atoms with Crippen molar-refractivity contribution in [1.82, 2.24) is 10.2 Å². The third-order valence-corrected chi connectivity index (χ3v) is 5.11. The number of anilines is 2. The van der Waals surface area contributed by atoms with Gasteiger partial charge < -0.3 is 15.5 Å². The van der Waals surface area contributed by atoms with Gasteiger partial charge in [0, 0.05) is 5.69 Å². The number of hydrogen-bond donors (Lipinski definition) is 3. The Morgan fingerprint density at radius 3 is 2.62 bits per heavy atom. The molecule has 1 heterocycles. The lowest BCUT2D eigenvalue weighted by Crippen LogP contribution is -2.03. The Balaban J connectivity index is 1.58. The van der Waals surface area contributed by atoms with E-state index in [1.165, 1.54) is 53.5 Å². The van der Waals surface area contributed by atoms with E-state index in [0.717, 1.165) is 18.5 Å². The maximum atomic E-state index is 9.93. The monoisotopic (exact) mass is 339 g/mol. The van der Waals surface area contributed by atoms with Crippen LogP contribution in [-0.4, -0.2) is 20.4 Å². The van der Waals surface area contributed by atoms with E-state index in [2.05, 4.69) is 33.7 Å². The Hall–Kier alpha value is -2.60. The van der Waals surface area contributed by atoms with Gasteiger partial charge in [-0.25, -0.2) is 0 Å². The van der Waals surface area contributed by atoms with Crippen LogP contribution in [0.4, 0.5) is 10.8 Å². The highest BCUT2D eigenvalue weighted by Gasteiger charge is 2.13. The normalized spacial score (nSPS) is 13.5. The first-order valence-corrected chi connectivity index (χ1v) is 8.75. The molecule has 122 valence electrons. The zero-order valence-corrected chi connectivity index (χ0v) is 13.8. The number of nitrogens with zero attached hydrogens (tertiary/aromatic N) is 2. The molecular formula is C18H17N3O2S. The molecule has 0 unspecified atom stereocenters. The van der Waals surface area contributed by atoms with Crippen molar-refractivity contribution in [2.24, 2.45) is 0 Å². The van der Waals surface area contributed by atoms with E-state index >= 15 is 0 Å². The van der Waals surface area contributed by atoms with Crippen molar-refractivity contribution >= 4 is 22.2 Å². The smallest absolute Gasteiger partial charge is 0.210 e. The van der Waals surface area contributed by atoms with E-state index in [-0.39, 0.29) is 11.5 Å². The van der Waals surface area contributed by atoms with Gasteiger partial charge in [0.15, 0.2) is 5.01 Å². The number of fused-ring (bicyclic) bond motifs is 1. The van der Waals surface area contributed by atoms with Gasteiger partial charge in [0.2, 0.25) is 5.13 Å². The Bertz CT molecular complexity index is 892. The lowest BCUT2D eigenvalue weighted by Gasteiger charge is -2.16. The Morgan fingerprint density at radius 2 is 1.75 bits per heavy atom. The average molecular weight is 339 g/mol. The van der Waals surface area contributed by atoms with Crippen LogP contribution in [0.5, 0.6) is 11.5 Å². The summed E-state index contributed by atoms with van der Waals surface area (Å²) in [6.07, 6.45) is 4.81. The highest BCUT2D eigenvalue weighted by molar-refractivity contribution is 7.18. The number of phenolic OH excluding ortho intramolecular Hbond substituents is 2. The minimum atomic E-state index is 0.0734. The molecule has 0 radical (unpaired) electrons. The first-order valence-electron chi connectivity index (χ1n) is 7.94. The number of aromatic nitrogens is 2. The summed E-state index contributed by atoms with van der Waals surface area (Å²) in [6.45, 7) is 0. The summed E-state index contributed by atoms with van der Waals surface area (Å²) in [5, 5.41) is 32.2. The highest BCUT2D eigenvalue weighted by atomic mass is 32.1. The molecule has 0 aliphatic heterocycles. The van der Waals surface area contributed by atoms with Crippen molar-refractivity contribution in [3.63, 3.8) is 0 Å². The third-order valence-electron chi connectivity index (χ3n) is 4.24. The van der Waals surface area contributed by atoms with Crippen molar-refractivity contribution in [1.29, 1.82) is 0 Å². The van der Waals surface area contributed by atoms with Crippen LogP contribution in [0.1, 0.15) is 24.0 Å². The van der Waals surface area contributed by atoms with Crippen LogP contribution in [0.2, 0.25) is 0 Å². The van der Waals surface area contributed by atoms with E-state index < -0.39 is 0 Å². The molecule has 0 amide bonds. The number of benzene rings is 2. The van der Waals surface area contributed by atoms with Crippen LogP contribution in [0.15, 0.2) is 36.4 Å². The quantitative estimate of drug-likeness (QED) is 0.622. The fourth-order valence-electron chi connectivity index (χ4n) is 3.01. The lowest BCUT2D eigenvalue weighted by molar-refractivity contribution is 0.462. The van der Waals surface area contributed by atoms with Gasteiger partial charge in [-0.3, -0.25) is 0 Å². The van der Waals surface area contributed by atoms with Crippen LogP contribution < -0.4 is 5.32 Å².